The Hall–Kier alpha value is -0.730. The van der Waals surface area contributed by atoms with Crippen molar-refractivity contribution in [3.63, 3.8) is 0 Å². The highest BCUT2D eigenvalue weighted by atomic mass is 35.5. The van der Waals surface area contributed by atoms with E-state index >= 15 is 0 Å². The van der Waals surface area contributed by atoms with Crippen molar-refractivity contribution in [3.8, 4) is 0 Å². The molecule has 3 heteroatoms. The van der Waals surface area contributed by atoms with Gasteiger partial charge in [-0.1, -0.05) is 24.1 Å². The maximum absolute atomic E-state index is 6.45. The molecule has 1 aliphatic rings. The van der Waals surface area contributed by atoms with E-state index in [-0.39, 0.29) is 6.04 Å². The van der Waals surface area contributed by atoms with Crippen molar-refractivity contribution < 1.29 is 0 Å². The highest BCUT2D eigenvalue weighted by molar-refractivity contribution is 6.33. The number of hydrogen-bond donors (Lipinski definition) is 1. The van der Waals surface area contributed by atoms with Crippen LogP contribution in [-0.4, -0.2) is 19.1 Å². The molecule has 1 aliphatic carbocycles. The summed E-state index contributed by atoms with van der Waals surface area (Å²) in [7, 11) is 0. The lowest BCUT2D eigenvalue weighted by molar-refractivity contribution is 0.318. The van der Waals surface area contributed by atoms with Gasteiger partial charge in [-0.2, -0.15) is 0 Å². The Morgan fingerprint density at radius 1 is 1.42 bits per heavy atom. The third kappa shape index (κ3) is 3.87. The van der Waals surface area contributed by atoms with Gasteiger partial charge in [0.2, 0.25) is 0 Å². The molecule has 19 heavy (non-hydrogen) atoms. The third-order valence-electron chi connectivity index (χ3n) is 4.00. The fourth-order valence-corrected chi connectivity index (χ4v) is 3.01. The largest absolute Gasteiger partial charge is 0.370 e. The van der Waals surface area contributed by atoms with Crippen molar-refractivity contribution in [1.82, 2.24) is 0 Å². The average Bonchev–Trinajstić information content (AvgIpc) is 2.29. The van der Waals surface area contributed by atoms with Crippen LogP contribution in [-0.2, 0) is 6.42 Å². The molecule has 0 bridgehead atoms. The van der Waals surface area contributed by atoms with E-state index in [4.69, 9.17) is 17.3 Å². The minimum Gasteiger partial charge on any atom is -0.370 e. The van der Waals surface area contributed by atoms with Gasteiger partial charge < -0.3 is 10.6 Å². The van der Waals surface area contributed by atoms with Crippen LogP contribution in [0.3, 0.4) is 0 Å². The van der Waals surface area contributed by atoms with Gasteiger partial charge in [0.15, 0.2) is 0 Å². The molecule has 2 nitrogen and oxygen atoms in total. The molecule has 1 aromatic rings. The predicted molar refractivity (Wildman–Crippen MR) is 84.0 cm³/mol. The summed E-state index contributed by atoms with van der Waals surface area (Å²) in [6, 6.07) is 6.57. The fraction of sp³-hybridized carbons (Fsp3) is 0.625. The van der Waals surface area contributed by atoms with Crippen LogP contribution in [0, 0.1) is 5.92 Å². The second-order valence-electron chi connectivity index (χ2n) is 5.80. The summed E-state index contributed by atoms with van der Waals surface area (Å²) in [5.74, 6) is 0.861. The number of nitrogens with zero attached hydrogens (tertiary/aromatic N) is 1. The second kappa shape index (κ2) is 6.62. The van der Waals surface area contributed by atoms with Crippen LogP contribution in [0.25, 0.3) is 0 Å². The van der Waals surface area contributed by atoms with Crippen molar-refractivity contribution in [2.45, 2.75) is 45.6 Å². The average molecular weight is 281 g/mol. The minimum atomic E-state index is 0.180. The first-order valence-electron chi connectivity index (χ1n) is 7.39. The lowest BCUT2D eigenvalue weighted by Gasteiger charge is -2.33. The summed E-state index contributed by atoms with van der Waals surface area (Å²) in [5, 5.41) is 0.860. The van der Waals surface area contributed by atoms with Gasteiger partial charge in [-0.3, -0.25) is 0 Å². The van der Waals surface area contributed by atoms with E-state index in [1.54, 1.807) is 0 Å². The molecular formula is C16H25ClN2. The summed E-state index contributed by atoms with van der Waals surface area (Å²) in [5.41, 5.74) is 8.23. The molecule has 0 spiro atoms. The van der Waals surface area contributed by atoms with Gasteiger partial charge in [-0.15, -0.1) is 0 Å². The van der Waals surface area contributed by atoms with Crippen LogP contribution in [0.2, 0.25) is 5.02 Å². The van der Waals surface area contributed by atoms with E-state index < -0.39 is 0 Å². The lowest BCUT2D eigenvalue weighted by atomic mass is 9.85. The summed E-state index contributed by atoms with van der Waals surface area (Å²) in [6.07, 6.45) is 5.02. The first-order valence-corrected chi connectivity index (χ1v) is 7.77. The van der Waals surface area contributed by atoms with E-state index in [0.29, 0.717) is 0 Å². The minimum absolute atomic E-state index is 0.180. The Kier molecular flexibility index (Phi) is 5.12. The molecule has 0 radical (unpaired) electrons. The van der Waals surface area contributed by atoms with Crippen molar-refractivity contribution in [3.05, 3.63) is 28.8 Å². The highest BCUT2D eigenvalue weighted by Crippen LogP contribution is 2.32. The molecule has 2 rings (SSSR count). The van der Waals surface area contributed by atoms with Crippen molar-refractivity contribution in [1.29, 1.82) is 0 Å². The third-order valence-corrected chi connectivity index (χ3v) is 4.30. The van der Waals surface area contributed by atoms with Crippen molar-refractivity contribution in [2.24, 2.45) is 11.7 Å². The summed E-state index contributed by atoms with van der Waals surface area (Å²) >= 11 is 6.45. The molecule has 106 valence electrons. The predicted octanol–water partition coefficient (Wildman–Crippen LogP) is 3.86. The zero-order valence-corrected chi connectivity index (χ0v) is 12.8. The van der Waals surface area contributed by atoms with E-state index in [1.807, 2.05) is 6.92 Å². The van der Waals surface area contributed by atoms with Gasteiger partial charge in [0, 0.05) is 19.1 Å². The molecule has 0 heterocycles. The van der Waals surface area contributed by atoms with Crippen LogP contribution >= 0.6 is 11.6 Å². The molecule has 0 aromatic heterocycles. The zero-order chi connectivity index (χ0) is 13.8. The van der Waals surface area contributed by atoms with Crippen LogP contribution in [0.4, 0.5) is 5.69 Å². The lowest BCUT2D eigenvalue weighted by Crippen LogP contribution is -2.32. The number of rotatable bonds is 6. The molecule has 0 aliphatic heterocycles. The van der Waals surface area contributed by atoms with Crippen LogP contribution in [0.5, 0.6) is 0 Å². The van der Waals surface area contributed by atoms with Gasteiger partial charge in [0.25, 0.3) is 0 Å². The zero-order valence-electron chi connectivity index (χ0n) is 12.0. The maximum Gasteiger partial charge on any atom is 0.0642 e. The Morgan fingerprint density at radius 2 is 2.16 bits per heavy atom. The number of anilines is 1. The fourth-order valence-electron chi connectivity index (χ4n) is 2.69. The van der Waals surface area contributed by atoms with Crippen molar-refractivity contribution >= 4 is 17.3 Å². The van der Waals surface area contributed by atoms with Crippen LogP contribution < -0.4 is 10.6 Å². The molecular weight excluding hydrogens is 256 g/mol. The summed E-state index contributed by atoms with van der Waals surface area (Å²) in [4.78, 5) is 2.40. The van der Waals surface area contributed by atoms with Gasteiger partial charge in [0.05, 0.1) is 10.7 Å². The molecule has 0 amide bonds. The number of hydrogen-bond acceptors (Lipinski definition) is 2. The first-order chi connectivity index (χ1) is 9.10. The Balaban J connectivity index is 2.08. The highest BCUT2D eigenvalue weighted by Gasteiger charge is 2.21. The number of benzene rings is 1. The Labute approximate surface area is 121 Å². The van der Waals surface area contributed by atoms with Gasteiger partial charge in [0.1, 0.15) is 0 Å². The monoisotopic (exact) mass is 280 g/mol. The van der Waals surface area contributed by atoms with E-state index in [0.717, 1.165) is 30.5 Å². The molecule has 0 saturated heterocycles. The summed E-state index contributed by atoms with van der Waals surface area (Å²) < 4.78 is 0. The number of halogens is 1. The smallest absolute Gasteiger partial charge is 0.0642 e. The van der Waals surface area contributed by atoms with Gasteiger partial charge in [-0.25, -0.2) is 0 Å². The molecule has 1 atom stereocenters. The molecule has 1 aromatic carbocycles. The molecule has 1 unspecified atom stereocenters. The second-order valence-corrected chi connectivity index (χ2v) is 6.21. The van der Waals surface area contributed by atoms with E-state index in [9.17, 15) is 0 Å². The maximum atomic E-state index is 6.45. The van der Waals surface area contributed by atoms with Crippen LogP contribution in [0.1, 0.15) is 38.7 Å². The quantitative estimate of drug-likeness (QED) is 0.857. The molecule has 1 saturated carbocycles. The Morgan fingerprint density at radius 3 is 2.63 bits per heavy atom. The number of nitrogens with two attached hydrogens (primary N) is 1. The van der Waals surface area contributed by atoms with Crippen LogP contribution in [0.15, 0.2) is 18.2 Å². The van der Waals surface area contributed by atoms with Crippen molar-refractivity contribution in [2.75, 3.05) is 18.0 Å². The Bertz CT molecular complexity index is 413. The van der Waals surface area contributed by atoms with Gasteiger partial charge >= 0.3 is 0 Å². The van der Waals surface area contributed by atoms with E-state index in [1.165, 1.54) is 30.5 Å². The first kappa shape index (κ1) is 14.7. The summed E-state index contributed by atoms with van der Waals surface area (Å²) in [6.45, 7) is 6.38. The molecule has 1 fully saturated rings. The van der Waals surface area contributed by atoms with Gasteiger partial charge in [-0.05, 0) is 56.7 Å². The van der Waals surface area contributed by atoms with E-state index in [2.05, 4.69) is 30.0 Å². The SMILES string of the molecule is CCN(CC1CCC1)c1ccc(CC(C)N)cc1Cl. The molecule has 2 N–H and O–H groups in total. The normalized spacial score (nSPS) is 17.1. The topological polar surface area (TPSA) is 29.3 Å². The standard InChI is InChI=1S/C16H25ClN2/c1-3-19(11-13-5-4-6-13)16-8-7-14(9-12(2)18)10-15(16)17/h7-8,10,12-13H,3-6,9,11,18H2,1-2H3.